The van der Waals surface area contributed by atoms with Crippen LogP contribution in [0.3, 0.4) is 0 Å². The van der Waals surface area contributed by atoms with E-state index in [4.69, 9.17) is 5.11 Å². The number of amides is 2. The van der Waals surface area contributed by atoms with E-state index in [2.05, 4.69) is 23.6 Å². The zero-order chi connectivity index (χ0) is 15.7. The number of aliphatic carboxylic acids is 1. The maximum atomic E-state index is 11.8. The number of hydrogen-bond donors (Lipinski definition) is 3. The SMILES string of the molecule is CCc1ccccc1CNC(=O)NC(C)CCCC(=O)O. The molecular weight excluding hydrogens is 268 g/mol. The van der Waals surface area contributed by atoms with Gasteiger partial charge in [-0.15, -0.1) is 0 Å². The summed E-state index contributed by atoms with van der Waals surface area (Å²) in [5, 5.41) is 14.2. The lowest BCUT2D eigenvalue weighted by atomic mass is 10.1. The van der Waals surface area contributed by atoms with Crippen molar-refractivity contribution < 1.29 is 14.7 Å². The number of carboxylic acid groups (broad SMARTS) is 1. The van der Waals surface area contributed by atoms with Crippen LogP contribution in [0.4, 0.5) is 4.79 Å². The van der Waals surface area contributed by atoms with Gasteiger partial charge >= 0.3 is 12.0 Å². The molecule has 1 atom stereocenters. The monoisotopic (exact) mass is 292 g/mol. The van der Waals surface area contributed by atoms with Crippen molar-refractivity contribution in [1.82, 2.24) is 10.6 Å². The van der Waals surface area contributed by atoms with Crippen molar-refractivity contribution in [3.8, 4) is 0 Å². The number of carboxylic acids is 1. The first-order valence-corrected chi connectivity index (χ1v) is 7.35. The number of benzene rings is 1. The molecule has 0 aliphatic carbocycles. The van der Waals surface area contributed by atoms with Crippen LogP contribution in [0.2, 0.25) is 0 Å². The highest BCUT2D eigenvalue weighted by Crippen LogP contribution is 2.08. The van der Waals surface area contributed by atoms with Crippen molar-refractivity contribution in [3.05, 3.63) is 35.4 Å². The molecule has 0 saturated heterocycles. The standard InChI is InChI=1S/C16H24N2O3/c1-3-13-8-4-5-9-14(13)11-17-16(21)18-12(2)7-6-10-15(19)20/h4-5,8-9,12H,3,6-7,10-11H2,1-2H3,(H,19,20)(H2,17,18,21). The van der Waals surface area contributed by atoms with Gasteiger partial charge < -0.3 is 15.7 Å². The van der Waals surface area contributed by atoms with E-state index in [1.54, 1.807) is 0 Å². The molecule has 0 fully saturated rings. The van der Waals surface area contributed by atoms with Crippen molar-refractivity contribution in [2.75, 3.05) is 0 Å². The van der Waals surface area contributed by atoms with Crippen LogP contribution in [0.25, 0.3) is 0 Å². The Labute approximate surface area is 125 Å². The fourth-order valence-electron chi connectivity index (χ4n) is 2.16. The lowest BCUT2D eigenvalue weighted by Gasteiger charge is -2.15. The molecule has 0 heterocycles. The van der Waals surface area contributed by atoms with Gasteiger partial charge in [0.15, 0.2) is 0 Å². The molecule has 1 aromatic carbocycles. The summed E-state index contributed by atoms with van der Waals surface area (Å²) in [6.07, 6.45) is 2.29. The maximum Gasteiger partial charge on any atom is 0.315 e. The van der Waals surface area contributed by atoms with Gasteiger partial charge in [0.2, 0.25) is 0 Å². The molecule has 0 aromatic heterocycles. The van der Waals surface area contributed by atoms with Gasteiger partial charge in [-0.05, 0) is 37.3 Å². The van der Waals surface area contributed by atoms with Crippen molar-refractivity contribution in [2.45, 2.75) is 52.1 Å². The number of urea groups is 1. The van der Waals surface area contributed by atoms with Crippen molar-refractivity contribution in [1.29, 1.82) is 0 Å². The molecule has 116 valence electrons. The second kappa shape index (κ2) is 9.00. The summed E-state index contributed by atoms with van der Waals surface area (Å²) in [5.74, 6) is -0.803. The molecule has 0 spiro atoms. The summed E-state index contributed by atoms with van der Waals surface area (Å²) < 4.78 is 0. The molecule has 1 unspecified atom stereocenters. The first-order valence-electron chi connectivity index (χ1n) is 7.35. The topological polar surface area (TPSA) is 78.4 Å². The Hall–Kier alpha value is -2.04. The zero-order valence-corrected chi connectivity index (χ0v) is 12.7. The van der Waals surface area contributed by atoms with Gasteiger partial charge in [-0.1, -0.05) is 31.2 Å². The summed E-state index contributed by atoms with van der Waals surface area (Å²) in [5.41, 5.74) is 2.35. The average Bonchev–Trinajstić information content (AvgIpc) is 2.45. The molecule has 1 rings (SSSR count). The first kappa shape index (κ1) is 17.0. The minimum absolute atomic E-state index is 0.0363. The van der Waals surface area contributed by atoms with E-state index in [0.717, 1.165) is 12.0 Å². The van der Waals surface area contributed by atoms with E-state index in [1.807, 2.05) is 25.1 Å². The minimum atomic E-state index is -0.803. The highest BCUT2D eigenvalue weighted by molar-refractivity contribution is 5.74. The summed E-state index contributed by atoms with van der Waals surface area (Å²) in [6, 6.07) is 7.77. The Morgan fingerprint density at radius 1 is 1.24 bits per heavy atom. The molecule has 3 N–H and O–H groups in total. The van der Waals surface area contributed by atoms with Gasteiger partial charge in [-0.3, -0.25) is 4.79 Å². The molecular formula is C16H24N2O3. The van der Waals surface area contributed by atoms with Crippen molar-refractivity contribution in [3.63, 3.8) is 0 Å². The Kier molecular flexibility index (Phi) is 7.29. The first-order chi connectivity index (χ1) is 10.0. The highest BCUT2D eigenvalue weighted by Gasteiger charge is 2.08. The predicted molar refractivity (Wildman–Crippen MR) is 82.1 cm³/mol. The minimum Gasteiger partial charge on any atom is -0.481 e. The van der Waals surface area contributed by atoms with Crippen LogP contribution in [-0.2, 0) is 17.8 Å². The van der Waals surface area contributed by atoms with E-state index in [9.17, 15) is 9.59 Å². The molecule has 1 aromatic rings. The predicted octanol–water partition coefficient (Wildman–Crippen LogP) is 2.69. The quantitative estimate of drug-likeness (QED) is 0.689. The zero-order valence-electron chi connectivity index (χ0n) is 12.7. The molecule has 0 aliphatic heterocycles. The van der Waals surface area contributed by atoms with Gasteiger partial charge in [0.25, 0.3) is 0 Å². The van der Waals surface area contributed by atoms with Gasteiger partial charge in [-0.25, -0.2) is 4.79 Å². The average molecular weight is 292 g/mol. The Balaban J connectivity index is 2.32. The molecule has 0 aliphatic rings. The van der Waals surface area contributed by atoms with E-state index >= 15 is 0 Å². The lowest BCUT2D eigenvalue weighted by molar-refractivity contribution is -0.137. The van der Waals surface area contributed by atoms with Crippen LogP contribution in [0.5, 0.6) is 0 Å². The van der Waals surface area contributed by atoms with E-state index in [-0.39, 0.29) is 18.5 Å². The fraction of sp³-hybridized carbons (Fsp3) is 0.500. The molecule has 0 radical (unpaired) electrons. The maximum absolute atomic E-state index is 11.8. The van der Waals surface area contributed by atoms with E-state index < -0.39 is 5.97 Å². The number of rotatable bonds is 8. The molecule has 5 heteroatoms. The molecule has 0 saturated carbocycles. The molecule has 2 amide bonds. The third kappa shape index (κ3) is 6.79. The van der Waals surface area contributed by atoms with E-state index in [0.29, 0.717) is 19.4 Å². The van der Waals surface area contributed by atoms with Gasteiger partial charge in [0.1, 0.15) is 0 Å². The third-order valence-electron chi connectivity index (χ3n) is 3.34. The van der Waals surface area contributed by atoms with Crippen LogP contribution in [0.1, 0.15) is 44.2 Å². The normalized spacial score (nSPS) is 11.7. The highest BCUT2D eigenvalue weighted by atomic mass is 16.4. The Morgan fingerprint density at radius 3 is 2.52 bits per heavy atom. The lowest BCUT2D eigenvalue weighted by Crippen LogP contribution is -2.40. The smallest absolute Gasteiger partial charge is 0.315 e. The van der Waals surface area contributed by atoms with Crippen LogP contribution in [0, 0.1) is 0 Å². The van der Waals surface area contributed by atoms with E-state index in [1.165, 1.54) is 5.56 Å². The summed E-state index contributed by atoms with van der Waals surface area (Å²) in [4.78, 5) is 22.2. The Bertz CT molecular complexity index is 474. The summed E-state index contributed by atoms with van der Waals surface area (Å²) in [7, 11) is 0. The summed E-state index contributed by atoms with van der Waals surface area (Å²) in [6.45, 7) is 4.46. The van der Waals surface area contributed by atoms with Crippen LogP contribution >= 0.6 is 0 Å². The van der Waals surface area contributed by atoms with Crippen LogP contribution < -0.4 is 10.6 Å². The number of aryl methyl sites for hydroxylation is 1. The second-order valence-electron chi connectivity index (χ2n) is 5.14. The van der Waals surface area contributed by atoms with Gasteiger partial charge in [-0.2, -0.15) is 0 Å². The molecule has 5 nitrogen and oxygen atoms in total. The Morgan fingerprint density at radius 2 is 1.90 bits per heavy atom. The number of nitrogens with one attached hydrogen (secondary N) is 2. The number of carbonyl (C=O) groups is 2. The summed E-state index contributed by atoms with van der Waals surface area (Å²) >= 11 is 0. The van der Waals surface area contributed by atoms with Crippen molar-refractivity contribution in [2.24, 2.45) is 0 Å². The third-order valence-corrected chi connectivity index (χ3v) is 3.34. The number of hydrogen-bond acceptors (Lipinski definition) is 2. The molecule has 0 bridgehead atoms. The van der Waals surface area contributed by atoms with Gasteiger partial charge in [0, 0.05) is 19.0 Å². The van der Waals surface area contributed by atoms with Gasteiger partial charge in [0.05, 0.1) is 0 Å². The second-order valence-corrected chi connectivity index (χ2v) is 5.14. The largest absolute Gasteiger partial charge is 0.481 e. The van der Waals surface area contributed by atoms with Crippen molar-refractivity contribution >= 4 is 12.0 Å². The van der Waals surface area contributed by atoms with Crippen LogP contribution in [-0.4, -0.2) is 23.1 Å². The van der Waals surface area contributed by atoms with Crippen LogP contribution in [0.15, 0.2) is 24.3 Å². The number of carbonyl (C=O) groups excluding carboxylic acids is 1. The fourth-order valence-corrected chi connectivity index (χ4v) is 2.16. The molecule has 21 heavy (non-hydrogen) atoms.